The molecule has 3 rings (SSSR count). The van der Waals surface area contributed by atoms with Crippen LogP contribution in [0, 0.1) is 5.41 Å². The zero-order valence-electron chi connectivity index (χ0n) is 15.4. The number of hydrogen-bond donors (Lipinski definition) is 0. The standard InChI is InChI=1S/C22H29NO2/c1-22(2)14-6-15-23(18-22)16-7-17-24-19-10-12-21(13-11-19)25-20-8-4-3-5-9-20/h3-5,8-13H,6-7,14-18H2,1-2H3. The molecule has 1 aliphatic rings. The van der Waals surface area contributed by atoms with Crippen LogP contribution in [-0.2, 0) is 0 Å². The molecule has 2 aromatic carbocycles. The van der Waals surface area contributed by atoms with E-state index in [2.05, 4.69) is 18.7 Å². The molecule has 0 bridgehead atoms. The highest BCUT2D eigenvalue weighted by molar-refractivity contribution is 5.35. The molecular formula is C22H29NO2. The Balaban J connectivity index is 1.39. The molecule has 0 amide bonds. The summed E-state index contributed by atoms with van der Waals surface area (Å²) in [6.07, 6.45) is 3.73. The molecule has 25 heavy (non-hydrogen) atoms. The molecular weight excluding hydrogens is 310 g/mol. The molecule has 1 saturated heterocycles. The average Bonchev–Trinajstić information content (AvgIpc) is 2.60. The second-order valence-corrected chi connectivity index (χ2v) is 7.63. The number of rotatable bonds is 7. The predicted octanol–water partition coefficient (Wildman–Crippen LogP) is 5.37. The van der Waals surface area contributed by atoms with Gasteiger partial charge in [-0.2, -0.15) is 0 Å². The van der Waals surface area contributed by atoms with Gasteiger partial charge in [0.2, 0.25) is 0 Å². The van der Waals surface area contributed by atoms with E-state index in [0.717, 1.165) is 36.8 Å². The smallest absolute Gasteiger partial charge is 0.127 e. The number of piperidine rings is 1. The Bertz CT molecular complexity index is 637. The van der Waals surface area contributed by atoms with E-state index < -0.39 is 0 Å². The molecule has 3 nitrogen and oxygen atoms in total. The summed E-state index contributed by atoms with van der Waals surface area (Å²) >= 11 is 0. The Morgan fingerprint density at radius 3 is 2.32 bits per heavy atom. The number of likely N-dealkylation sites (tertiary alicyclic amines) is 1. The van der Waals surface area contributed by atoms with Gasteiger partial charge in [0.1, 0.15) is 17.2 Å². The molecule has 1 fully saturated rings. The van der Waals surface area contributed by atoms with Crippen LogP contribution < -0.4 is 9.47 Å². The van der Waals surface area contributed by atoms with Crippen LogP contribution in [0.15, 0.2) is 54.6 Å². The summed E-state index contributed by atoms with van der Waals surface area (Å²) < 4.78 is 11.7. The number of hydrogen-bond acceptors (Lipinski definition) is 3. The van der Waals surface area contributed by atoms with Gasteiger partial charge in [-0.1, -0.05) is 32.0 Å². The van der Waals surface area contributed by atoms with Gasteiger partial charge < -0.3 is 14.4 Å². The normalized spacial score (nSPS) is 17.2. The Labute approximate surface area is 151 Å². The highest BCUT2D eigenvalue weighted by Crippen LogP contribution is 2.28. The third-order valence-electron chi connectivity index (χ3n) is 4.67. The molecule has 0 spiro atoms. The number of para-hydroxylation sites is 1. The van der Waals surface area contributed by atoms with Gasteiger partial charge in [-0.25, -0.2) is 0 Å². The fraction of sp³-hybridized carbons (Fsp3) is 0.455. The fourth-order valence-corrected chi connectivity index (χ4v) is 3.44. The van der Waals surface area contributed by atoms with Gasteiger partial charge in [-0.3, -0.25) is 0 Å². The van der Waals surface area contributed by atoms with Crippen molar-refractivity contribution >= 4 is 0 Å². The maximum atomic E-state index is 5.87. The molecule has 0 N–H and O–H groups in total. The van der Waals surface area contributed by atoms with Gasteiger partial charge in [0.05, 0.1) is 6.61 Å². The van der Waals surface area contributed by atoms with E-state index in [1.165, 1.54) is 25.9 Å². The van der Waals surface area contributed by atoms with E-state index >= 15 is 0 Å². The minimum atomic E-state index is 0.466. The van der Waals surface area contributed by atoms with E-state index in [1.807, 2.05) is 54.6 Å². The van der Waals surface area contributed by atoms with Crippen molar-refractivity contribution in [3.05, 3.63) is 54.6 Å². The van der Waals surface area contributed by atoms with E-state index in [-0.39, 0.29) is 0 Å². The first-order chi connectivity index (χ1) is 12.1. The summed E-state index contributed by atoms with van der Waals surface area (Å²) in [5.74, 6) is 2.58. The molecule has 134 valence electrons. The van der Waals surface area contributed by atoms with Crippen molar-refractivity contribution in [2.24, 2.45) is 5.41 Å². The van der Waals surface area contributed by atoms with Crippen molar-refractivity contribution in [2.45, 2.75) is 33.1 Å². The minimum Gasteiger partial charge on any atom is -0.494 e. The van der Waals surface area contributed by atoms with Crippen molar-refractivity contribution < 1.29 is 9.47 Å². The van der Waals surface area contributed by atoms with Crippen molar-refractivity contribution in [1.29, 1.82) is 0 Å². The van der Waals surface area contributed by atoms with E-state index in [9.17, 15) is 0 Å². The molecule has 1 aliphatic heterocycles. The summed E-state index contributed by atoms with van der Waals surface area (Å²) in [7, 11) is 0. The van der Waals surface area contributed by atoms with Crippen LogP contribution in [-0.4, -0.2) is 31.1 Å². The molecule has 0 saturated carbocycles. The Morgan fingerprint density at radius 1 is 0.920 bits per heavy atom. The molecule has 0 radical (unpaired) electrons. The Morgan fingerprint density at radius 2 is 1.60 bits per heavy atom. The second kappa shape index (κ2) is 8.39. The first-order valence-corrected chi connectivity index (χ1v) is 9.29. The lowest BCUT2D eigenvalue weighted by Gasteiger charge is -2.38. The third kappa shape index (κ3) is 5.79. The van der Waals surface area contributed by atoms with Gasteiger partial charge >= 0.3 is 0 Å². The fourth-order valence-electron chi connectivity index (χ4n) is 3.44. The maximum Gasteiger partial charge on any atom is 0.127 e. The average molecular weight is 339 g/mol. The van der Waals surface area contributed by atoms with Crippen LogP contribution in [0.4, 0.5) is 0 Å². The first kappa shape index (κ1) is 17.8. The molecule has 1 heterocycles. The zero-order chi connectivity index (χ0) is 17.5. The van der Waals surface area contributed by atoms with Crippen LogP contribution in [0.2, 0.25) is 0 Å². The van der Waals surface area contributed by atoms with Gasteiger partial charge in [0.15, 0.2) is 0 Å². The monoisotopic (exact) mass is 339 g/mol. The Hall–Kier alpha value is -2.00. The summed E-state index contributed by atoms with van der Waals surface area (Å²) in [4.78, 5) is 2.57. The van der Waals surface area contributed by atoms with Crippen molar-refractivity contribution in [3.8, 4) is 17.2 Å². The summed E-state index contributed by atoms with van der Waals surface area (Å²) in [6, 6.07) is 17.7. The Kier molecular flexibility index (Phi) is 5.98. The number of benzene rings is 2. The molecule has 0 aliphatic carbocycles. The first-order valence-electron chi connectivity index (χ1n) is 9.29. The van der Waals surface area contributed by atoms with Gasteiger partial charge in [0, 0.05) is 13.1 Å². The minimum absolute atomic E-state index is 0.466. The summed E-state index contributed by atoms with van der Waals surface area (Å²) in [5, 5.41) is 0. The lowest BCUT2D eigenvalue weighted by Crippen LogP contribution is -2.40. The van der Waals surface area contributed by atoms with Crippen molar-refractivity contribution in [3.63, 3.8) is 0 Å². The topological polar surface area (TPSA) is 21.7 Å². The quantitative estimate of drug-likeness (QED) is 0.633. The largest absolute Gasteiger partial charge is 0.494 e. The van der Waals surface area contributed by atoms with Crippen LogP contribution in [0.25, 0.3) is 0 Å². The molecule has 0 atom stereocenters. The molecule has 2 aromatic rings. The second-order valence-electron chi connectivity index (χ2n) is 7.63. The summed E-state index contributed by atoms with van der Waals surface area (Å²) in [5.41, 5.74) is 0.466. The van der Waals surface area contributed by atoms with E-state index in [4.69, 9.17) is 9.47 Å². The zero-order valence-corrected chi connectivity index (χ0v) is 15.4. The SMILES string of the molecule is CC1(C)CCCN(CCCOc2ccc(Oc3ccccc3)cc2)C1. The molecule has 0 aromatic heterocycles. The third-order valence-corrected chi connectivity index (χ3v) is 4.67. The van der Waals surface area contributed by atoms with Crippen molar-refractivity contribution in [1.82, 2.24) is 4.90 Å². The number of ether oxygens (including phenoxy) is 2. The summed E-state index contributed by atoms with van der Waals surface area (Å²) in [6.45, 7) is 9.06. The van der Waals surface area contributed by atoms with Gasteiger partial charge in [-0.15, -0.1) is 0 Å². The van der Waals surface area contributed by atoms with Crippen LogP contribution in [0.3, 0.4) is 0 Å². The van der Waals surface area contributed by atoms with Crippen LogP contribution in [0.1, 0.15) is 33.1 Å². The molecule has 0 unspecified atom stereocenters. The predicted molar refractivity (Wildman–Crippen MR) is 103 cm³/mol. The van der Waals surface area contributed by atoms with Gasteiger partial charge in [-0.05, 0) is 67.6 Å². The highest BCUT2D eigenvalue weighted by atomic mass is 16.5. The van der Waals surface area contributed by atoms with Crippen LogP contribution in [0.5, 0.6) is 17.2 Å². The lowest BCUT2D eigenvalue weighted by molar-refractivity contribution is 0.111. The van der Waals surface area contributed by atoms with Gasteiger partial charge in [0.25, 0.3) is 0 Å². The molecule has 3 heteroatoms. The highest BCUT2D eigenvalue weighted by Gasteiger charge is 2.25. The number of nitrogens with zero attached hydrogens (tertiary/aromatic N) is 1. The lowest BCUT2D eigenvalue weighted by atomic mass is 9.84. The van der Waals surface area contributed by atoms with Crippen LogP contribution >= 0.6 is 0 Å². The maximum absolute atomic E-state index is 5.87. The van der Waals surface area contributed by atoms with E-state index in [0.29, 0.717) is 5.41 Å². The van der Waals surface area contributed by atoms with E-state index in [1.54, 1.807) is 0 Å². The van der Waals surface area contributed by atoms with Crippen molar-refractivity contribution in [2.75, 3.05) is 26.2 Å².